The van der Waals surface area contributed by atoms with Crippen molar-refractivity contribution in [2.45, 2.75) is 0 Å². The summed E-state index contributed by atoms with van der Waals surface area (Å²) < 4.78 is 4.44. The Hall–Kier alpha value is -7.39. The van der Waals surface area contributed by atoms with E-state index in [0.717, 1.165) is 77.2 Å². The van der Waals surface area contributed by atoms with E-state index in [1.54, 1.807) is 0 Å². The highest BCUT2D eigenvalue weighted by molar-refractivity contribution is 6.11. The summed E-state index contributed by atoms with van der Waals surface area (Å²) in [7, 11) is 0. The van der Waals surface area contributed by atoms with Crippen molar-refractivity contribution in [2.24, 2.45) is 0 Å². The van der Waals surface area contributed by atoms with E-state index < -0.39 is 0 Å². The maximum Gasteiger partial charge on any atom is 0.189 e. The van der Waals surface area contributed by atoms with Gasteiger partial charge in [-0.3, -0.25) is 0 Å². The first kappa shape index (κ1) is 28.8. The van der Waals surface area contributed by atoms with E-state index in [2.05, 4.69) is 92.8 Å². The molecule has 0 atom stereocenters. The average Bonchev–Trinajstić information content (AvgIpc) is 3.69. The molecule has 0 aliphatic carbocycles. The maximum atomic E-state index is 10.6. The van der Waals surface area contributed by atoms with Gasteiger partial charge in [0.1, 0.15) is 0 Å². The fourth-order valence-electron chi connectivity index (χ4n) is 7.48. The molecule has 0 saturated carbocycles. The van der Waals surface area contributed by atoms with Gasteiger partial charge in [-0.15, -0.1) is 0 Å². The first-order valence-electron chi connectivity index (χ1n) is 16.3. The normalized spacial score (nSPS) is 11.1. The van der Waals surface area contributed by atoms with Crippen molar-refractivity contribution >= 4 is 49.3 Å². The predicted molar refractivity (Wildman–Crippen MR) is 202 cm³/mol. The first-order chi connectivity index (χ1) is 24.7. The molecule has 0 saturated heterocycles. The molecule has 2 heterocycles. The van der Waals surface area contributed by atoms with Crippen molar-refractivity contribution in [2.75, 3.05) is 0 Å². The number of nitriles is 2. The van der Waals surface area contributed by atoms with E-state index in [9.17, 15) is 10.5 Å². The highest BCUT2D eigenvalue weighted by Gasteiger charge is 2.21. The molecular formula is C45H25N5. The number of benzene rings is 7. The smallest absolute Gasteiger partial charge is 0.189 e. The number of hydrogen-bond acceptors (Lipinski definition) is 2. The monoisotopic (exact) mass is 635 g/mol. The molecule has 0 N–H and O–H groups in total. The Morgan fingerprint density at radius 2 is 1.18 bits per heavy atom. The van der Waals surface area contributed by atoms with Crippen LogP contribution in [0.1, 0.15) is 11.1 Å². The third kappa shape index (κ3) is 4.31. The third-order valence-corrected chi connectivity index (χ3v) is 9.60. The van der Waals surface area contributed by atoms with Crippen molar-refractivity contribution in [1.82, 2.24) is 9.13 Å². The minimum atomic E-state index is 0.561. The molecule has 0 amide bonds. The molecule has 5 heteroatoms. The molecule has 9 rings (SSSR count). The summed E-state index contributed by atoms with van der Waals surface area (Å²) in [5.41, 5.74) is 11.4. The van der Waals surface area contributed by atoms with E-state index in [1.165, 1.54) is 0 Å². The quantitative estimate of drug-likeness (QED) is 0.181. The van der Waals surface area contributed by atoms with E-state index >= 15 is 0 Å². The Bertz CT molecular complexity index is 2970. The Balaban J connectivity index is 1.30. The van der Waals surface area contributed by atoms with Gasteiger partial charge in [-0.05, 0) is 77.4 Å². The van der Waals surface area contributed by atoms with Crippen LogP contribution in [0.25, 0.3) is 82.1 Å². The van der Waals surface area contributed by atoms with Crippen LogP contribution in [-0.2, 0) is 0 Å². The second-order valence-corrected chi connectivity index (χ2v) is 12.3. The fraction of sp³-hybridized carbons (Fsp3) is 0. The molecule has 0 aliphatic heterocycles. The van der Waals surface area contributed by atoms with Crippen LogP contribution in [0.3, 0.4) is 0 Å². The van der Waals surface area contributed by atoms with Crippen LogP contribution in [-0.4, -0.2) is 9.13 Å². The van der Waals surface area contributed by atoms with Gasteiger partial charge in [0.15, 0.2) is 5.69 Å². The zero-order valence-electron chi connectivity index (χ0n) is 26.7. The highest BCUT2D eigenvalue weighted by atomic mass is 15.0. The lowest BCUT2D eigenvalue weighted by Gasteiger charge is -2.19. The molecule has 2 aromatic heterocycles. The summed E-state index contributed by atoms with van der Waals surface area (Å²) in [6, 6.07) is 55.6. The summed E-state index contributed by atoms with van der Waals surface area (Å²) >= 11 is 0. The van der Waals surface area contributed by atoms with E-state index in [4.69, 9.17) is 6.57 Å². The molecule has 230 valence electrons. The zero-order chi connectivity index (χ0) is 33.8. The summed E-state index contributed by atoms with van der Waals surface area (Å²) in [6.45, 7) is 7.73. The number of hydrogen-bond donors (Lipinski definition) is 0. The number of para-hydroxylation sites is 2. The van der Waals surface area contributed by atoms with Crippen LogP contribution in [0, 0.1) is 29.2 Å². The van der Waals surface area contributed by atoms with Gasteiger partial charge in [0, 0.05) is 38.3 Å². The number of fused-ring (bicyclic) bond motifs is 6. The zero-order valence-corrected chi connectivity index (χ0v) is 26.7. The van der Waals surface area contributed by atoms with Gasteiger partial charge in [-0.1, -0.05) is 91.0 Å². The molecule has 50 heavy (non-hydrogen) atoms. The lowest BCUT2D eigenvalue weighted by Crippen LogP contribution is -2.00. The minimum absolute atomic E-state index is 0.561. The largest absolute Gasteiger partial charge is 0.310 e. The topological polar surface area (TPSA) is 61.8 Å². The first-order valence-corrected chi connectivity index (χ1v) is 16.3. The Kier molecular flexibility index (Phi) is 6.56. The molecular weight excluding hydrogens is 611 g/mol. The van der Waals surface area contributed by atoms with Crippen molar-refractivity contribution in [3.63, 3.8) is 0 Å². The predicted octanol–water partition coefficient (Wildman–Crippen LogP) is 11.5. The SMILES string of the molecule is [C-]#[N+]c1ccc2c3ccccc3n(-c3cccc(C#N)c3-c3ccccc3-c3cccc(-n4c5ccccc5c5cc(C#N)ccc54)c3)c2c1. The Labute approximate surface area is 288 Å². The van der Waals surface area contributed by atoms with Gasteiger partial charge in [0.2, 0.25) is 0 Å². The molecule has 0 spiro atoms. The second kappa shape index (κ2) is 11.4. The van der Waals surface area contributed by atoms with Crippen molar-refractivity contribution < 1.29 is 0 Å². The maximum absolute atomic E-state index is 10.6. The van der Waals surface area contributed by atoms with Crippen LogP contribution in [0.15, 0.2) is 152 Å². The van der Waals surface area contributed by atoms with Gasteiger partial charge in [0.05, 0.1) is 52.1 Å². The molecule has 7 aromatic carbocycles. The van der Waals surface area contributed by atoms with E-state index in [1.807, 2.05) is 84.9 Å². The van der Waals surface area contributed by atoms with Gasteiger partial charge < -0.3 is 9.13 Å². The van der Waals surface area contributed by atoms with E-state index in [0.29, 0.717) is 16.8 Å². The standard InChI is InChI=1S/C45H25N5/c1-48-32-21-22-37-35-14-4-7-18-41(35)50(44(37)26-32)43-19-9-11-31(28-47)45(43)38-16-3-2-13-34(38)30-10-8-12-33(25-30)49-40-17-6-5-15-36(40)39-24-29(27-46)20-23-42(39)49/h2-26H. The van der Waals surface area contributed by atoms with Crippen LogP contribution < -0.4 is 0 Å². The average molecular weight is 636 g/mol. The lowest BCUT2D eigenvalue weighted by atomic mass is 9.90. The van der Waals surface area contributed by atoms with E-state index in [-0.39, 0.29) is 0 Å². The minimum Gasteiger partial charge on any atom is -0.310 e. The second-order valence-electron chi connectivity index (χ2n) is 12.3. The van der Waals surface area contributed by atoms with Crippen LogP contribution >= 0.6 is 0 Å². The van der Waals surface area contributed by atoms with Gasteiger partial charge in [-0.25, -0.2) is 4.85 Å². The van der Waals surface area contributed by atoms with Crippen LogP contribution in [0.5, 0.6) is 0 Å². The van der Waals surface area contributed by atoms with Crippen molar-refractivity contribution in [3.8, 4) is 45.8 Å². The number of rotatable bonds is 4. The summed E-state index contributed by atoms with van der Waals surface area (Å²) in [4.78, 5) is 3.74. The highest BCUT2D eigenvalue weighted by Crippen LogP contribution is 2.42. The van der Waals surface area contributed by atoms with Crippen molar-refractivity contribution in [3.05, 3.63) is 174 Å². The fourth-order valence-corrected chi connectivity index (χ4v) is 7.48. The Morgan fingerprint density at radius 1 is 0.500 bits per heavy atom. The van der Waals surface area contributed by atoms with Gasteiger partial charge in [0.25, 0.3) is 0 Å². The molecule has 5 nitrogen and oxygen atoms in total. The summed E-state index contributed by atoms with van der Waals surface area (Å²) in [5.74, 6) is 0. The molecule has 0 aliphatic rings. The molecule has 0 bridgehead atoms. The molecule has 0 fully saturated rings. The van der Waals surface area contributed by atoms with Gasteiger partial charge >= 0.3 is 0 Å². The molecule has 9 aromatic rings. The lowest BCUT2D eigenvalue weighted by molar-refractivity contribution is 1.18. The number of aromatic nitrogens is 2. The summed E-state index contributed by atoms with van der Waals surface area (Å²) in [6.07, 6.45) is 0. The van der Waals surface area contributed by atoms with Crippen LogP contribution in [0.4, 0.5) is 5.69 Å². The Morgan fingerprint density at radius 3 is 1.96 bits per heavy atom. The third-order valence-electron chi connectivity index (χ3n) is 9.60. The van der Waals surface area contributed by atoms with Crippen molar-refractivity contribution in [1.29, 1.82) is 10.5 Å². The van der Waals surface area contributed by atoms with Crippen LogP contribution in [0.2, 0.25) is 0 Å². The number of nitrogens with zero attached hydrogens (tertiary/aromatic N) is 5. The van der Waals surface area contributed by atoms with Gasteiger partial charge in [-0.2, -0.15) is 10.5 Å². The molecule has 0 radical (unpaired) electrons. The summed E-state index contributed by atoms with van der Waals surface area (Å²) in [5, 5.41) is 24.4. The molecule has 0 unspecified atom stereocenters.